The summed E-state index contributed by atoms with van der Waals surface area (Å²) in [4.78, 5) is 22.7. The van der Waals surface area contributed by atoms with E-state index >= 15 is 0 Å². The fourth-order valence-corrected chi connectivity index (χ4v) is 1.77. The van der Waals surface area contributed by atoms with Gasteiger partial charge in [-0.1, -0.05) is 15.9 Å². The number of carbonyl (C=O) groups is 2. The minimum Gasteiger partial charge on any atom is -0.466 e. The molecule has 0 unspecified atom stereocenters. The number of hydrogen-bond acceptors (Lipinski definition) is 3. The van der Waals surface area contributed by atoms with Gasteiger partial charge in [-0.05, 0) is 25.1 Å². The molecule has 0 N–H and O–H groups in total. The third kappa shape index (κ3) is 4.65. The van der Waals surface area contributed by atoms with Gasteiger partial charge in [0.2, 0.25) is 0 Å². The monoisotopic (exact) mass is 302 g/mol. The number of Topliss-reactive ketones (excluding diaryl/α,β-unsaturated/α-hetero) is 1. The highest BCUT2D eigenvalue weighted by Gasteiger charge is 2.11. The molecule has 3 nitrogen and oxygen atoms in total. The lowest BCUT2D eigenvalue weighted by molar-refractivity contribution is -0.143. The summed E-state index contributed by atoms with van der Waals surface area (Å²) in [6.45, 7) is 1.99. The molecule has 92 valence electrons. The van der Waals surface area contributed by atoms with E-state index in [1.54, 1.807) is 6.92 Å². The molecule has 17 heavy (non-hydrogen) atoms. The predicted molar refractivity (Wildman–Crippen MR) is 64.3 cm³/mol. The molecule has 1 rings (SSSR count). The van der Waals surface area contributed by atoms with Crippen molar-refractivity contribution in [3.8, 4) is 0 Å². The number of hydrogen-bond donors (Lipinski definition) is 0. The molecule has 0 spiro atoms. The molecule has 0 heterocycles. The van der Waals surface area contributed by atoms with Crippen molar-refractivity contribution < 1.29 is 18.7 Å². The van der Waals surface area contributed by atoms with Gasteiger partial charge in [0.1, 0.15) is 5.82 Å². The van der Waals surface area contributed by atoms with Crippen molar-refractivity contribution in [2.75, 3.05) is 6.61 Å². The van der Waals surface area contributed by atoms with E-state index in [1.165, 1.54) is 12.1 Å². The van der Waals surface area contributed by atoms with Crippen molar-refractivity contribution in [1.82, 2.24) is 0 Å². The molecule has 0 amide bonds. The van der Waals surface area contributed by atoms with E-state index in [-0.39, 0.29) is 24.2 Å². The van der Waals surface area contributed by atoms with Crippen LogP contribution in [0.5, 0.6) is 0 Å². The van der Waals surface area contributed by atoms with Crippen molar-refractivity contribution in [2.24, 2.45) is 0 Å². The van der Waals surface area contributed by atoms with Crippen LogP contribution in [0.3, 0.4) is 0 Å². The van der Waals surface area contributed by atoms with Crippen molar-refractivity contribution in [1.29, 1.82) is 0 Å². The van der Waals surface area contributed by atoms with Crippen LogP contribution in [0.4, 0.5) is 4.39 Å². The van der Waals surface area contributed by atoms with Crippen molar-refractivity contribution >= 4 is 27.7 Å². The van der Waals surface area contributed by atoms with Gasteiger partial charge in [-0.15, -0.1) is 0 Å². The third-order valence-corrected chi connectivity index (χ3v) is 2.50. The first kappa shape index (κ1) is 13.8. The molecule has 0 aliphatic heterocycles. The van der Waals surface area contributed by atoms with Crippen LogP contribution in [-0.4, -0.2) is 18.4 Å². The normalized spacial score (nSPS) is 10.1. The first-order chi connectivity index (χ1) is 8.02. The van der Waals surface area contributed by atoms with Gasteiger partial charge in [-0.2, -0.15) is 0 Å². The lowest BCUT2D eigenvalue weighted by atomic mass is 10.1. The molecule has 0 aromatic heterocycles. The zero-order valence-corrected chi connectivity index (χ0v) is 10.9. The van der Waals surface area contributed by atoms with Gasteiger partial charge in [-0.25, -0.2) is 4.39 Å². The minimum atomic E-state index is -0.487. The van der Waals surface area contributed by atoms with Crippen LogP contribution in [0.15, 0.2) is 22.7 Å². The van der Waals surface area contributed by atoms with Crippen molar-refractivity contribution in [3.05, 3.63) is 34.1 Å². The van der Waals surface area contributed by atoms with E-state index in [0.717, 1.165) is 6.07 Å². The number of esters is 1. The van der Waals surface area contributed by atoms with Crippen LogP contribution in [-0.2, 0) is 9.53 Å². The van der Waals surface area contributed by atoms with E-state index in [2.05, 4.69) is 15.9 Å². The average Bonchev–Trinajstić information content (AvgIpc) is 2.25. The summed E-state index contributed by atoms with van der Waals surface area (Å²) < 4.78 is 18.2. The maximum atomic E-state index is 13.0. The van der Waals surface area contributed by atoms with Crippen molar-refractivity contribution in [3.63, 3.8) is 0 Å². The molecule has 1 aromatic rings. The van der Waals surface area contributed by atoms with E-state index in [1.807, 2.05) is 0 Å². The molecule has 0 bridgehead atoms. The standard InChI is InChI=1S/C12H12BrFO3/c1-2-17-12(16)4-3-11(15)8-5-9(13)7-10(14)6-8/h5-7H,2-4H2,1H3. The Kier molecular flexibility index (Phi) is 5.28. The number of rotatable bonds is 5. The Labute approximate surface area is 107 Å². The fourth-order valence-electron chi connectivity index (χ4n) is 1.31. The molecule has 0 saturated heterocycles. The van der Waals surface area contributed by atoms with E-state index in [0.29, 0.717) is 11.1 Å². The zero-order valence-electron chi connectivity index (χ0n) is 9.33. The first-order valence-electron chi connectivity index (χ1n) is 5.18. The quantitative estimate of drug-likeness (QED) is 0.620. The maximum absolute atomic E-state index is 13.0. The summed E-state index contributed by atoms with van der Waals surface area (Å²) in [6, 6.07) is 3.94. The van der Waals surface area contributed by atoms with Crippen LogP contribution in [0.25, 0.3) is 0 Å². The number of ketones is 1. The zero-order chi connectivity index (χ0) is 12.8. The van der Waals surface area contributed by atoms with Gasteiger partial charge < -0.3 is 4.74 Å². The number of ether oxygens (including phenoxy) is 1. The summed E-state index contributed by atoms with van der Waals surface area (Å²) in [5.41, 5.74) is 0.251. The predicted octanol–water partition coefficient (Wildman–Crippen LogP) is 3.11. The van der Waals surface area contributed by atoms with Crippen LogP contribution < -0.4 is 0 Å². The third-order valence-electron chi connectivity index (χ3n) is 2.05. The average molecular weight is 303 g/mol. The summed E-state index contributed by atoms with van der Waals surface area (Å²) in [5, 5.41) is 0. The van der Waals surface area contributed by atoms with E-state index < -0.39 is 11.8 Å². The molecule has 5 heteroatoms. The van der Waals surface area contributed by atoms with E-state index in [9.17, 15) is 14.0 Å². The largest absolute Gasteiger partial charge is 0.466 e. The van der Waals surface area contributed by atoms with Gasteiger partial charge in [0.05, 0.1) is 13.0 Å². The Balaban J connectivity index is 2.61. The van der Waals surface area contributed by atoms with Gasteiger partial charge in [0.25, 0.3) is 0 Å². The molecule has 0 fully saturated rings. The molecule has 1 aromatic carbocycles. The summed E-state index contributed by atoms with van der Waals surface area (Å²) in [7, 11) is 0. The Morgan fingerprint density at radius 2 is 2.00 bits per heavy atom. The second kappa shape index (κ2) is 6.49. The van der Waals surface area contributed by atoms with Crippen molar-refractivity contribution in [2.45, 2.75) is 19.8 Å². The van der Waals surface area contributed by atoms with Gasteiger partial charge >= 0.3 is 5.97 Å². The van der Waals surface area contributed by atoms with Crippen LogP contribution >= 0.6 is 15.9 Å². The first-order valence-corrected chi connectivity index (χ1v) is 5.97. The van der Waals surface area contributed by atoms with Gasteiger partial charge in [0.15, 0.2) is 5.78 Å². The molecular formula is C12H12BrFO3. The van der Waals surface area contributed by atoms with E-state index in [4.69, 9.17) is 4.74 Å². The van der Waals surface area contributed by atoms with Crippen LogP contribution in [0, 0.1) is 5.82 Å². The lowest BCUT2D eigenvalue weighted by Gasteiger charge is -2.03. The fraction of sp³-hybridized carbons (Fsp3) is 0.333. The Hall–Kier alpha value is -1.23. The van der Waals surface area contributed by atoms with Gasteiger partial charge in [-0.3, -0.25) is 9.59 Å². The summed E-state index contributed by atoms with van der Waals surface area (Å²) in [6.07, 6.45) is 0.0372. The second-order valence-corrected chi connectivity index (χ2v) is 4.30. The Morgan fingerprint density at radius 1 is 1.29 bits per heavy atom. The maximum Gasteiger partial charge on any atom is 0.306 e. The smallest absolute Gasteiger partial charge is 0.306 e. The summed E-state index contributed by atoms with van der Waals surface area (Å²) >= 11 is 3.10. The number of carbonyl (C=O) groups excluding carboxylic acids is 2. The molecular weight excluding hydrogens is 291 g/mol. The Bertz CT molecular complexity index is 412. The second-order valence-electron chi connectivity index (χ2n) is 3.39. The molecule has 0 aliphatic carbocycles. The van der Waals surface area contributed by atoms with Gasteiger partial charge in [0, 0.05) is 16.5 Å². The lowest BCUT2D eigenvalue weighted by Crippen LogP contribution is -2.08. The molecule has 0 saturated carbocycles. The number of halogens is 2. The minimum absolute atomic E-state index is 0.0147. The SMILES string of the molecule is CCOC(=O)CCC(=O)c1cc(F)cc(Br)c1. The van der Waals surface area contributed by atoms with Crippen LogP contribution in [0.1, 0.15) is 30.1 Å². The Morgan fingerprint density at radius 3 is 2.59 bits per heavy atom. The molecule has 0 aliphatic rings. The van der Waals surface area contributed by atoms with Crippen LogP contribution in [0.2, 0.25) is 0 Å². The highest BCUT2D eigenvalue weighted by atomic mass is 79.9. The number of benzene rings is 1. The highest BCUT2D eigenvalue weighted by Crippen LogP contribution is 2.16. The topological polar surface area (TPSA) is 43.4 Å². The molecule has 0 radical (unpaired) electrons. The summed E-state index contributed by atoms with van der Waals surface area (Å²) in [5.74, 6) is -1.19. The highest BCUT2D eigenvalue weighted by molar-refractivity contribution is 9.10. The molecule has 0 atom stereocenters.